The van der Waals surface area contributed by atoms with E-state index >= 15 is 0 Å². The second kappa shape index (κ2) is 4.96. The van der Waals surface area contributed by atoms with Gasteiger partial charge in [-0.15, -0.1) is 0 Å². The Labute approximate surface area is 125 Å². The van der Waals surface area contributed by atoms with Crippen LogP contribution in [-0.4, -0.2) is 42.7 Å². The number of nitrogens with one attached hydrogen (secondary N) is 1. The molecule has 0 spiro atoms. The third-order valence-corrected chi connectivity index (χ3v) is 5.41. The Kier molecular flexibility index (Phi) is 3.19. The molecule has 0 amide bonds. The van der Waals surface area contributed by atoms with Crippen molar-refractivity contribution in [3.05, 3.63) is 29.6 Å². The molecule has 0 aromatic heterocycles. The van der Waals surface area contributed by atoms with Crippen LogP contribution in [-0.2, 0) is 6.42 Å². The van der Waals surface area contributed by atoms with Gasteiger partial charge in [0.2, 0.25) is 0 Å². The minimum absolute atomic E-state index is 0.164. The predicted molar refractivity (Wildman–Crippen MR) is 80.1 cm³/mol. The molecule has 3 aliphatic rings. The van der Waals surface area contributed by atoms with Crippen LogP contribution in [0.5, 0.6) is 5.75 Å². The molecule has 2 atom stereocenters. The van der Waals surface area contributed by atoms with Gasteiger partial charge in [0.05, 0.1) is 0 Å². The lowest BCUT2D eigenvalue weighted by Crippen LogP contribution is -2.62. The first-order valence-corrected chi connectivity index (χ1v) is 8.06. The lowest BCUT2D eigenvalue weighted by molar-refractivity contribution is 0.0249. The number of benzene rings is 1. The molecule has 2 heterocycles. The summed E-state index contributed by atoms with van der Waals surface area (Å²) in [5.74, 6) is 1.53. The van der Waals surface area contributed by atoms with Crippen molar-refractivity contribution in [2.45, 2.75) is 37.8 Å². The molecular weight excluding hydrogens is 267 g/mol. The summed E-state index contributed by atoms with van der Waals surface area (Å²) in [6, 6.07) is 4.87. The van der Waals surface area contributed by atoms with Crippen LogP contribution in [0.1, 0.15) is 25.3 Å². The Morgan fingerprint density at radius 1 is 1.43 bits per heavy atom. The van der Waals surface area contributed by atoms with Gasteiger partial charge in [-0.1, -0.05) is 0 Å². The first-order valence-electron chi connectivity index (χ1n) is 8.06. The third-order valence-electron chi connectivity index (χ3n) is 5.41. The molecule has 1 saturated heterocycles. The Morgan fingerprint density at radius 3 is 3.10 bits per heavy atom. The number of nitrogens with zero attached hydrogens (tertiary/aromatic N) is 1. The van der Waals surface area contributed by atoms with E-state index in [1.807, 2.05) is 0 Å². The van der Waals surface area contributed by atoms with E-state index in [4.69, 9.17) is 4.74 Å². The summed E-state index contributed by atoms with van der Waals surface area (Å²) in [7, 11) is 0. The van der Waals surface area contributed by atoms with Gasteiger partial charge in [-0.2, -0.15) is 0 Å². The second-order valence-corrected chi connectivity index (χ2v) is 6.95. The van der Waals surface area contributed by atoms with Crippen molar-refractivity contribution < 1.29 is 9.13 Å². The maximum absolute atomic E-state index is 13.3. The highest BCUT2D eigenvalue weighted by Gasteiger charge is 2.47. The number of hydrogen-bond donors (Lipinski definition) is 1. The zero-order valence-corrected chi connectivity index (χ0v) is 12.6. The second-order valence-electron chi connectivity index (χ2n) is 6.95. The fourth-order valence-corrected chi connectivity index (χ4v) is 3.97. The Hall–Kier alpha value is -1.13. The van der Waals surface area contributed by atoms with Crippen LogP contribution in [0.25, 0.3) is 0 Å². The number of ether oxygens (including phenoxy) is 1. The predicted octanol–water partition coefficient (Wildman–Crippen LogP) is 2.20. The van der Waals surface area contributed by atoms with E-state index in [2.05, 4.69) is 17.1 Å². The summed E-state index contributed by atoms with van der Waals surface area (Å²) in [6.45, 7) is 6.55. The van der Waals surface area contributed by atoms with E-state index in [1.165, 1.54) is 18.9 Å². The molecule has 1 aromatic rings. The van der Waals surface area contributed by atoms with E-state index in [-0.39, 0.29) is 17.5 Å². The molecule has 21 heavy (non-hydrogen) atoms. The van der Waals surface area contributed by atoms with Gasteiger partial charge in [0, 0.05) is 43.7 Å². The van der Waals surface area contributed by atoms with E-state index in [0.717, 1.165) is 49.8 Å². The van der Waals surface area contributed by atoms with Gasteiger partial charge in [0.15, 0.2) is 0 Å². The molecule has 114 valence electrons. The fraction of sp³-hybridized carbons (Fsp3) is 0.647. The Balaban J connectivity index is 1.46. The zero-order valence-electron chi connectivity index (χ0n) is 12.6. The lowest BCUT2D eigenvalue weighted by atomic mass is 9.90. The van der Waals surface area contributed by atoms with Crippen LogP contribution in [0, 0.1) is 11.7 Å². The monoisotopic (exact) mass is 290 g/mol. The molecule has 4 heteroatoms. The molecule has 0 radical (unpaired) electrons. The fourth-order valence-electron chi connectivity index (χ4n) is 3.97. The molecule has 0 bridgehead atoms. The summed E-state index contributed by atoms with van der Waals surface area (Å²) in [5.41, 5.74) is 1.28. The topological polar surface area (TPSA) is 24.5 Å². The van der Waals surface area contributed by atoms with Crippen LogP contribution in [0.2, 0.25) is 0 Å². The summed E-state index contributed by atoms with van der Waals surface area (Å²) in [4.78, 5) is 2.61. The van der Waals surface area contributed by atoms with E-state index in [0.29, 0.717) is 0 Å². The summed E-state index contributed by atoms with van der Waals surface area (Å²) < 4.78 is 19.3. The Morgan fingerprint density at radius 2 is 2.29 bits per heavy atom. The summed E-state index contributed by atoms with van der Waals surface area (Å²) in [6.07, 6.45) is 3.70. The molecular formula is C17H23FN2O. The number of rotatable bonds is 3. The molecule has 2 aliphatic heterocycles. The Bertz CT molecular complexity index is 546. The number of halogens is 1. The molecule has 4 rings (SSSR count). The number of hydrogen-bond acceptors (Lipinski definition) is 3. The number of piperazine rings is 1. The standard InChI is InChI=1S/C17H23FN2O/c1-17(13-2-3-13)11-19-6-7-20(17)10-15-9-12-8-14(18)4-5-16(12)21-15/h4-5,8,13,15,19H,2-3,6-7,9-11H2,1H3. The zero-order chi connectivity index (χ0) is 14.4. The lowest BCUT2D eigenvalue weighted by Gasteiger charge is -2.46. The van der Waals surface area contributed by atoms with Gasteiger partial charge in [-0.3, -0.25) is 4.90 Å². The smallest absolute Gasteiger partial charge is 0.123 e. The van der Waals surface area contributed by atoms with E-state index < -0.39 is 0 Å². The van der Waals surface area contributed by atoms with Crippen LogP contribution < -0.4 is 10.1 Å². The van der Waals surface area contributed by atoms with Crippen molar-refractivity contribution in [1.82, 2.24) is 10.2 Å². The highest BCUT2D eigenvalue weighted by molar-refractivity contribution is 5.38. The first kappa shape index (κ1) is 13.5. The molecule has 1 N–H and O–H groups in total. The van der Waals surface area contributed by atoms with Crippen LogP contribution in [0.15, 0.2) is 18.2 Å². The highest BCUT2D eigenvalue weighted by Crippen LogP contribution is 2.44. The van der Waals surface area contributed by atoms with Gasteiger partial charge in [0.1, 0.15) is 17.7 Å². The molecule has 3 nitrogen and oxygen atoms in total. The van der Waals surface area contributed by atoms with Crippen molar-refractivity contribution in [3.63, 3.8) is 0 Å². The average Bonchev–Trinajstić information content (AvgIpc) is 3.24. The van der Waals surface area contributed by atoms with Crippen LogP contribution in [0.4, 0.5) is 4.39 Å². The van der Waals surface area contributed by atoms with Crippen molar-refractivity contribution in [2.24, 2.45) is 5.92 Å². The average molecular weight is 290 g/mol. The summed E-state index contributed by atoms with van der Waals surface area (Å²) in [5, 5.41) is 3.54. The first-order chi connectivity index (χ1) is 10.1. The third kappa shape index (κ3) is 2.44. The maximum Gasteiger partial charge on any atom is 0.123 e. The normalized spacial score (nSPS) is 32.8. The minimum atomic E-state index is -0.164. The van der Waals surface area contributed by atoms with Gasteiger partial charge in [-0.05, 0) is 43.9 Å². The molecule has 1 aromatic carbocycles. The summed E-state index contributed by atoms with van der Waals surface area (Å²) >= 11 is 0. The van der Waals surface area contributed by atoms with Gasteiger partial charge < -0.3 is 10.1 Å². The molecule has 1 saturated carbocycles. The molecule has 2 unspecified atom stereocenters. The van der Waals surface area contributed by atoms with Crippen LogP contribution >= 0.6 is 0 Å². The van der Waals surface area contributed by atoms with E-state index in [9.17, 15) is 4.39 Å². The van der Waals surface area contributed by atoms with Crippen molar-refractivity contribution in [1.29, 1.82) is 0 Å². The van der Waals surface area contributed by atoms with E-state index in [1.54, 1.807) is 12.1 Å². The quantitative estimate of drug-likeness (QED) is 0.923. The molecule has 1 aliphatic carbocycles. The van der Waals surface area contributed by atoms with Crippen LogP contribution in [0.3, 0.4) is 0 Å². The van der Waals surface area contributed by atoms with Gasteiger partial charge in [0.25, 0.3) is 0 Å². The van der Waals surface area contributed by atoms with Gasteiger partial charge >= 0.3 is 0 Å². The highest BCUT2D eigenvalue weighted by atomic mass is 19.1. The van der Waals surface area contributed by atoms with Crippen molar-refractivity contribution in [3.8, 4) is 5.75 Å². The molecule has 2 fully saturated rings. The largest absolute Gasteiger partial charge is 0.488 e. The SMILES string of the molecule is CC1(C2CC2)CNCCN1CC1Cc2cc(F)ccc2O1. The van der Waals surface area contributed by atoms with Gasteiger partial charge in [-0.25, -0.2) is 4.39 Å². The maximum atomic E-state index is 13.3. The van der Waals surface area contributed by atoms with Crippen molar-refractivity contribution in [2.75, 3.05) is 26.2 Å². The van der Waals surface area contributed by atoms with Crippen molar-refractivity contribution >= 4 is 0 Å². The minimum Gasteiger partial charge on any atom is -0.488 e. The number of fused-ring (bicyclic) bond motifs is 1.